The maximum absolute atomic E-state index is 13.9. The van der Waals surface area contributed by atoms with Crippen LogP contribution in [0.2, 0.25) is 0 Å². The fraction of sp³-hybridized carbons (Fsp3) is 0.0417. The number of aryl methyl sites for hydroxylation is 1. The van der Waals surface area contributed by atoms with Crippen molar-refractivity contribution in [2.75, 3.05) is 0 Å². The number of nitrogens with zero attached hydrogens (tertiary/aromatic N) is 2. The fourth-order valence-corrected chi connectivity index (χ4v) is 3.17. The van der Waals surface area contributed by atoms with E-state index < -0.39 is 5.97 Å². The molecule has 5 nitrogen and oxygen atoms in total. The highest BCUT2D eigenvalue weighted by atomic mass is 19.1. The quantitative estimate of drug-likeness (QED) is 0.539. The second-order valence-corrected chi connectivity index (χ2v) is 6.83. The van der Waals surface area contributed by atoms with Crippen molar-refractivity contribution in [3.63, 3.8) is 0 Å². The molecule has 0 aliphatic heterocycles. The molecular formula is C24H17FN2O3. The molecule has 0 unspecified atom stereocenters. The summed E-state index contributed by atoms with van der Waals surface area (Å²) < 4.78 is 15.2. The lowest BCUT2D eigenvalue weighted by molar-refractivity contribution is 0.0697. The van der Waals surface area contributed by atoms with Gasteiger partial charge < -0.3 is 5.11 Å². The average Bonchev–Trinajstić information content (AvgIpc) is 2.75. The SMILES string of the molecule is Cc1ccc(/C=C/c2nc3ccccc3c(=O)n2-c2cccc(C(=O)O)c2)cc1F. The number of benzene rings is 3. The molecule has 0 spiro atoms. The van der Waals surface area contributed by atoms with Gasteiger partial charge in [0.15, 0.2) is 0 Å². The summed E-state index contributed by atoms with van der Waals surface area (Å²) in [5, 5.41) is 9.73. The second-order valence-electron chi connectivity index (χ2n) is 6.83. The standard InChI is InChI=1S/C24H17FN2O3/c1-15-9-10-16(13-20(15)25)11-12-22-26-21-8-3-2-7-19(21)23(28)27(22)18-6-4-5-17(14-18)24(29)30/h2-14H,1H3,(H,29,30)/b12-11+. The monoisotopic (exact) mass is 400 g/mol. The zero-order chi connectivity index (χ0) is 21.3. The number of hydrogen-bond donors (Lipinski definition) is 1. The molecule has 0 fully saturated rings. The van der Waals surface area contributed by atoms with E-state index in [-0.39, 0.29) is 16.9 Å². The van der Waals surface area contributed by atoms with E-state index in [9.17, 15) is 19.1 Å². The van der Waals surface area contributed by atoms with Crippen molar-refractivity contribution in [2.45, 2.75) is 6.92 Å². The predicted octanol–water partition coefficient (Wildman–Crippen LogP) is 4.70. The molecule has 30 heavy (non-hydrogen) atoms. The van der Waals surface area contributed by atoms with Gasteiger partial charge >= 0.3 is 5.97 Å². The average molecular weight is 400 g/mol. The Morgan fingerprint density at radius 2 is 1.83 bits per heavy atom. The summed E-state index contributed by atoms with van der Waals surface area (Å²) >= 11 is 0. The largest absolute Gasteiger partial charge is 0.478 e. The van der Waals surface area contributed by atoms with Gasteiger partial charge in [0, 0.05) is 0 Å². The van der Waals surface area contributed by atoms with Crippen LogP contribution in [0.15, 0.2) is 71.5 Å². The molecule has 1 N–H and O–H groups in total. The third kappa shape index (κ3) is 3.63. The highest BCUT2D eigenvalue weighted by molar-refractivity contribution is 5.88. The summed E-state index contributed by atoms with van der Waals surface area (Å²) in [4.78, 5) is 29.2. The maximum Gasteiger partial charge on any atom is 0.335 e. The van der Waals surface area contributed by atoms with Crippen LogP contribution in [0.5, 0.6) is 0 Å². The number of fused-ring (bicyclic) bond motifs is 1. The first-order chi connectivity index (χ1) is 14.4. The van der Waals surface area contributed by atoms with E-state index in [0.717, 1.165) is 0 Å². The van der Waals surface area contributed by atoms with E-state index in [0.29, 0.717) is 33.5 Å². The van der Waals surface area contributed by atoms with Crippen molar-refractivity contribution >= 4 is 29.0 Å². The molecule has 0 atom stereocenters. The summed E-state index contributed by atoms with van der Waals surface area (Å²) in [7, 11) is 0. The number of rotatable bonds is 4. The van der Waals surface area contributed by atoms with Crippen LogP contribution in [0.4, 0.5) is 4.39 Å². The summed E-state index contributed by atoms with van der Waals surface area (Å²) in [5.74, 6) is -1.11. The van der Waals surface area contributed by atoms with Gasteiger partial charge in [-0.05, 0) is 60.5 Å². The second kappa shape index (κ2) is 7.75. The third-order valence-corrected chi connectivity index (χ3v) is 4.77. The van der Waals surface area contributed by atoms with Gasteiger partial charge in [-0.1, -0.05) is 36.4 Å². The molecule has 6 heteroatoms. The molecule has 3 aromatic carbocycles. The number of carboxylic acids is 1. The number of hydrogen-bond acceptors (Lipinski definition) is 3. The van der Waals surface area contributed by atoms with Gasteiger partial charge in [-0.15, -0.1) is 0 Å². The summed E-state index contributed by atoms with van der Waals surface area (Å²) in [5.41, 5.74) is 1.79. The van der Waals surface area contributed by atoms with Gasteiger partial charge in [-0.2, -0.15) is 0 Å². The molecule has 0 amide bonds. The molecule has 4 aromatic rings. The third-order valence-electron chi connectivity index (χ3n) is 4.77. The Morgan fingerprint density at radius 3 is 2.60 bits per heavy atom. The van der Waals surface area contributed by atoms with E-state index in [1.54, 1.807) is 67.6 Å². The molecular weight excluding hydrogens is 383 g/mol. The number of aromatic carboxylic acids is 1. The van der Waals surface area contributed by atoms with Crippen molar-refractivity contribution < 1.29 is 14.3 Å². The minimum atomic E-state index is -1.09. The molecule has 4 rings (SSSR count). The van der Waals surface area contributed by atoms with Gasteiger partial charge in [-0.25, -0.2) is 14.2 Å². The van der Waals surface area contributed by atoms with Crippen LogP contribution in [0.1, 0.15) is 27.3 Å². The zero-order valence-corrected chi connectivity index (χ0v) is 16.0. The van der Waals surface area contributed by atoms with Crippen molar-refractivity contribution in [3.8, 4) is 5.69 Å². The van der Waals surface area contributed by atoms with Crippen molar-refractivity contribution in [3.05, 3.63) is 105 Å². The Kier molecular flexibility index (Phi) is 4.98. The van der Waals surface area contributed by atoms with Crippen LogP contribution in [0.3, 0.4) is 0 Å². The molecule has 0 bridgehead atoms. The number of para-hydroxylation sites is 1. The van der Waals surface area contributed by atoms with E-state index >= 15 is 0 Å². The molecule has 1 heterocycles. The minimum absolute atomic E-state index is 0.0584. The van der Waals surface area contributed by atoms with Crippen LogP contribution < -0.4 is 5.56 Å². The summed E-state index contributed by atoms with van der Waals surface area (Å²) in [6.45, 7) is 1.68. The number of carboxylic acid groups (broad SMARTS) is 1. The highest BCUT2D eigenvalue weighted by Crippen LogP contribution is 2.17. The van der Waals surface area contributed by atoms with Crippen LogP contribution in [-0.2, 0) is 0 Å². The molecule has 0 radical (unpaired) electrons. The Bertz CT molecular complexity index is 1370. The molecule has 0 aliphatic carbocycles. The van der Waals surface area contributed by atoms with Crippen molar-refractivity contribution in [1.29, 1.82) is 0 Å². The first-order valence-corrected chi connectivity index (χ1v) is 9.24. The van der Waals surface area contributed by atoms with Crippen LogP contribution in [0, 0.1) is 12.7 Å². The molecule has 0 saturated heterocycles. The van der Waals surface area contributed by atoms with Gasteiger partial charge in [0.05, 0.1) is 22.2 Å². The molecule has 148 valence electrons. The Hall–Kier alpha value is -4.06. The number of halogens is 1. The topological polar surface area (TPSA) is 72.2 Å². The number of carbonyl (C=O) groups is 1. The Labute approximate surface area is 171 Å². The van der Waals surface area contributed by atoms with Crippen LogP contribution in [-0.4, -0.2) is 20.6 Å². The molecule has 0 aliphatic rings. The maximum atomic E-state index is 13.9. The van der Waals surface area contributed by atoms with Crippen molar-refractivity contribution in [2.24, 2.45) is 0 Å². The number of aromatic nitrogens is 2. The highest BCUT2D eigenvalue weighted by Gasteiger charge is 2.13. The van der Waals surface area contributed by atoms with Gasteiger partial charge in [0.1, 0.15) is 11.6 Å². The van der Waals surface area contributed by atoms with Gasteiger partial charge in [-0.3, -0.25) is 9.36 Å². The summed E-state index contributed by atoms with van der Waals surface area (Å²) in [6.07, 6.45) is 3.28. The predicted molar refractivity (Wildman–Crippen MR) is 114 cm³/mol. The normalized spacial score (nSPS) is 11.3. The van der Waals surface area contributed by atoms with Crippen LogP contribution >= 0.6 is 0 Å². The lowest BCUT2D eigenvalue weighted by Crippen LogP contribution is -2.22. The lowest BCUT2D eigenvalue weighted by atomic mass is 10.1. The lowest BCUT2D eigenvalue weighted by Gasteiger charge is -2.12. The van der Waals surface area contributed by atoms with Crippen molar-refractivity contribution in [1.82, 2.24) is 9.55 Å². The first-order valence-electron chi connectivity index (χ1n) is 9.24. The van der Waals surface area contributed by atoms with E-state index in [4.69, 9.17) is 0 Å². The van der Waals surface area contributed by atoms with E-state index in [1.165, 1.54) is 22.8 Å². The van der Waals surface area contributed by atoms with Crippen LogP contribution in [0.25, 0.3) is 28.7 Å². The Balaban J connectivity index is 1.93. The summed E-state index contributed by atoms with van der Waals surface area (Å²) in [6, 6.07) is 17.9. The first kappa shape index (κ1) is 19.3. The minimum Gasteiger partial charge on any atom is -0.478 e. The van der Waals surface area contributed by atoms with Gasteiger partial charge in [0.25, 0.3) is 5.56 Å². The Morgan fingerprint density at radius 1 is 1.03 bits per heavy atom. The van der Waals surface area contributed by atoms with E-state index in [1.807, 2.05) is 0 Å². The fourth-order valence-electron chi connectivity index (χ4n) is 3.17. The smallest absolute Gasteiger partial charge is 0.335 e. The van der Waals surface area contributed by atoms with E-state index in [2.05, 4.69) is 4.98 Å². The molecule has 1 aromatic heterocycles. The van der Waals surface area contributed by atoms with Gasteiger partial charge in [0.2, 0.25) is 0 Å². The zero-order valence-electron chi connectivity index (χ0n) is 16.0. The molecule has 0 saturated carbocycles.